The summed E-state index contributed by atoms with van der Waals surface area (Å²) in [5, 5.41) is 0. The SMILES string of the molecule is CCOC(=C1CC2CN(C(=O)OC(C)(C)C)CC2C1)C(C)C=O. The second-order valence-electron chi connectivity index (χ2n) is 7.64. The summed E-state index contributed by atoms with van der Waals surface area (Å²) in [6, 6.07) is 0. The van der Waals surface area contributed by atoms with Crippen molar-refractivity contribution < 1.29 is 19.1 Å². The van der Waals surface area contributed by atoms with E-state index in [1.54, 1.807) is 0 Å². The molecule has 5 heteroatoms. The van der Waals surface area contributed by atoms with Gasteiger partial charge < -0.3 is 19.2 Å². The van der Waals surface area contributed by atoms with Crippen molar-refractivity contribution in [3.8, 4) is 0 Å². The predicted molar refractivity (Wildman–Crippen MR) is 87.9 cm³/mol. The summed E-state index contributed by atoms with van der Waals surface area (Å²) in [6.45, 7) is 11.5. The third-order valence-corrected chi connectivity index (χ3v) is 4.51. The molecule has 5 nitrogen and oxygen atoms in total. The first-order valence-corrected chi connectivity index (χ1v) is 8.53. The Morgan fingerprint density at radius 1 is 1.30 bits per heavy atom. The van der Waals surface area contributed by atoms with Gasteiger partial charge in [0.1, 0.15) is 17.6 Å². The highest BCUT2D eigenvalue weighted by Crippen LogP contribution is 2.43. The Balaban J connectivity index is 2.01. The molecule has 0 radical (unpaired) electrons. The number of carbonyl (C=O) groups is 2. The number of nitrogens with zero attached hydrogens (tertiary/aromatic N) is 1. The molecule has 0 spiro atoms. The fraction of sp³-hybridized carbons (Fsp3) is 0.778. The largest absolute Gasteiger partial charge is 0.498 e. The summed E-state index contributed by atoms with van der Waals surface area (Å²) in [7, 11) is 0. The van der Waals surface area contributed by atoms with Crippen LogP contribution in [0.1, 0.15) is 47.5 Å². The van der Waals surface area contributed by atoms with Gasteiger partial charge in [0, 0.05) is 13.1 Å². The summed E-state index contributed by atoms with van der Waals surface area (Å²) in [5.41, 5.74) is 0.798. The van der Waals surface area contributed by atoms with E-state index in [1.165, 1.54) is 5.57 Å². The maximum atomic E-state index is 12.2. The average molecular weight is 323 g/mol. The molecule has 1 aliphatic carbocycles. The Hall–Kier alpha value is -1.52. The van der Waals surface area contributed by atoms with E-state index in [0.717, 1.165) is 38.0 Å². The average Bonchev–Trinajstić information content (AvgIpc) is 3.00. The predicted octanol–water partition coefficient (Wildman–Crippen LogP) is 3.39. The van der Waals surface area contributed by atoms with Crippen LogP contribution in [0.3, 0.4) is 0 Å². The summed E-state index contributed by atoms with van der Waals surface area (Å²) in [4.78, 5) is 25.1. The molecule has 1 saturated carbocycles. The lowest BCUT2D eigenvalue weighted by atomic mass is 10.0. The molecule has 23 heavy (non-hydrogen) atoms. The number of likely N-dealkylation sites (tertiary alicyclic amines) is 1. The minimum Gasteiger partial charge on any atom is -0.498 e. The fourth-order valence-corrected chi connectivity index (χ4v) is 3.57. The molecule has 2 fully saturated rings. The van der Waals surface area contributed by atoms with Gasteiger partial charge >= 0.3 is 6.09 Å². The van der Waals surface area contributed by atoms with Crippen molar-refractivity contribution in [3.05, 3.63) is 11.3 Å². The number of fused-ring (bicyclic) bond motifs is 1. The number of allylic oxidation sites excluding steroid dienone is 2. The molecule has 1 amide bonds. The zero-order chi connectivity index (χ0) is 17.2. The van der Waals surface area contributed by atoms with Gasteiger partial charge in [0.15, 0.2) is 0 Å². The molecule has 2 aliphatic rings. The van der Waals surface area contributed by atoms with Crippen molar-refractivity contribution in [3.63, 3.8) is 0 Å². The Kier molecular flexibility index (Phi) is 5.37. The highest BCUT2D eigenvalue weighted by atomic mass is 16.6. The van der Waals surface area contributed by atoms with Crippen LogP contribution in [0.5, 0.6) is 0 Å². The van der Waals surface area contributed by atoms with Gasteiger partial charge in [-0.1, -0.05) is 0 Å². The van der Waals surface area contributed by atoms with E-state index in [-0.39, 0.29) is 12.0 Å². The van der Waals surface area contributed by atoms with E-state index in [9.17, 15) is 9.59 Å². The van der Waals surface area contributed by atoms with Crippen LogP contribution in [0.4, 0.5) is 4.79 Å². The normalized spacial score (nSPS) is 25.1. The molecule has 1 heterocycles. The number of rotatable bonds is 4. The lowest BCUT2D eigenvalue weighted by molar-refractivity contribution is -0.110. The number of carbonyl (C=O) groups excluding carboxylic acids is 2. The standard InChI is InChI=1S/C18H29NO4/c1-6-22-16(12(2)11-20)13-7-14-9-19(10-15(14)8-13)17(21)23-18(3,4)5/h11-12,14-15H,6-10H2,1-5H3. The summed E-state index contributed by atoms with van der Waals surface area (Å²) < 4.78 is 11.2. The van der Waals surface area contributed by atoms with Crippen LogP contribution in [-0.4, -0.2) is 42.6 Å². The van der Waals surface area contributed by atoms with E-state index >= 15 is 0 Å². The Morgan fingerprint density at radius 2 is 1.87 bits per heavy atom. The van der Waals surface area contributed by atoms with Gasteiger partial charge in [-0.15, -0.1) is 0 Å². The molecular formula is C18H29NO4. The molecule has 0 aromatic rings. The lowest BCUT2D eigenvalue weighted by Crippen LogP contribution is -2.35. The van der Waals surface area contributed by atoms with E-state index in [1.807, 2.05) is 39.5 Å². The van der Waals surface area contributed by atoms with Crippen molar-refractivity contribution >= 4 is 12.4 Å². The second kappa shape index (κ2) is 6.93. The molecule has 130 valence electrons. The molecule has 0 aromatic heterocycles. The van der Waals surface area contributed by atoms with Crippen molar-refractivity contribution in [1.29, 1.82) is 0 Å². The fourth-order valence-electron chi connectivity index (χ4n) is 3.57. The molecule has 0 N–H and O–H groups in total. The van der Waals surface area contributed by atoms with Gasteiger partial charge in [0.25, 0.3) is 0 Å². The molecule has 2 rings (SSSR count). The molecule has 3 unspecified atom stereocenters. The van der Waals surface area contributed by atoms with Crippen molar-refractivity contribution in [2.24, 2.45) is 17.8 Å². The molecule has 3 atom stereocenters. The zero-order valence-electron chi connectivity index (χ0n) is 14.9. The van der Waals surface area contributed by atoms with Crippen LogP contribution in [0.2, 0.25) is 0 Å². The number of hydrogen-bond acceptors (Lipinski definition) is 4. The topological polar surface area (TPSA) is 55.8 Å². The molecule has 0 aromatic carbocycles. The van der Waals surface area contributed by atoms with E-state index in [4.69, 9.17) is 9.47 Å². The third kappa shape index (κ3) is 4.27. The molecular weight excluding hydrogens is 294 g/mol. The zero-order valence-corrected chi connectivity index (χ0v) is 14.9. The highest BCUT2D eigenvalue weighted by molar-refractivity contribution is 5.68. The minimum absolute atomic E-state index is 0.189. The van der Waals surface area contributed by atoms with Gasteiger partial charge in [0.05, 0.1) is 12.5 Å². The third-order valence-electron chi connectivity index (χ3n) is 4.51. The van der Waals surface area contributed by atoms with E-state index in [0.29, 0.717) is 18.4 Å². The van der Waals surface area contributed by atoms with Gasteiger partial charge in [-0.05, 0) is 64.9 Å². The molecule has 1 aliphatic heterocycles. The summed E-state index contributed by atoms with van der Waals surface area (Å²) in [5.74, 6) is 1.56. The Bertz CT molecular complexity index is 476. The smallest absolute Gasteiger partial charge is 0.410 e. The quantitative estimate of drug-likeness (QED) is 0.588. The van der Waals surface area contributed by atoms with Crippen molar-refractivity contribution in [2.45, 2.75) is 53.1 Å². The Labute approximate surface area is 139 Å². The number of ether oxygens (including phenoxy) is 2. The first kappa shape index (κ1) is 17.8. The molecule has 0 bridgehead atoms. The maximum Gasteiger partial charge on any atom is 0.410 e. The van der Waals surface area contributed by atoms with Gasteiger partial charge in [-0.3, -0.25) is 0 Å². The lowest BCUT2D eigenvalue weighted by Gasteiger charge is -2.25. The van der Waals surface area contributed by atoms with Crippen LogP contribution in [0, 0.1) is 17.8 Å². The van der Waals surface area contributed by atoms with Crippen LogP contribution in [0.25, 0.3) is 0 Å². The Morgan fingerprint density at radius 3 is 2.30 bits per heavy atom. The van der Waals surface area contributed by atoms with Crippen LogP contribution >= 0.6 is 0 Å². The first-order valence-electron chi connectivity index (χ1n) is 8.53. The van der Waals surface area contributed by atoms with E-state index in [2.05, 4.69) is 0 Å². The van der Waals surface area contributed by atoms with Crippen LogP contribution in [0.15, 0.2) is 11.3 Å². The van der Waals surface area contributed by atoms with E-state index < -0.39 is 5.60 Å². The number of aldehydes is 1. The van der Waals surface area contributed by atoms with Crippen molar-refractivity contribution in [2.75, 3.05) is 19.7 Å². The number of amides is 1. The molecule has 1 saturated heterocycles. The number of hydrogen-bond donors (Lipinski definition) is 0. The highest BCUT2D eigenvalue weighted by Gasteiger charge is 2.42. The van der Waals surface area contributed by atoms with Crippen molar-refractivity contribution in [1.82, 2.24) is 4.90 Å². The minimum atomic E-state index is -0.457. The summed E-state index contributed by atoms with van der Waals surface area (Å²) >= 11 is 0. The summed E-state index contributed by atoms with van der Waals surface area (Å²) in [6.07, 6.45) is 2.55. The monoisotopic (exact) mass is 323 g/mol. The van der Waals surface area contributed by atoms with Gasteiger partial charge in [-0.2, -0.15) is 0 Å². The van der Waals surface area contributed by atoms with Crippen LogP contribution < -0.4 is 0 Å². The second-order valence-corrected chi connectivity index (χ2v) is 7.64. The van der Waals surface area contributed by atoms with Crippen LogP contribution in [-0.2, 0) is 14.3 Å². The maximum absolute atomic E-state index is 12.2. The first-order chi connectivity index (χ1) is 10.7. The van der Waals surface area contributed by atoms with Gasteiger partial charge in [-0.25, -0.2) is 4.79 Å². The van der Waals surface area contributed by atoms with Gasteiger partial charge in [0.2, 0.25) is 0 Å².